The predicted octanol–water partition coefficient (Wildman–Crippen LogP) is 2.91. The molecule has 1 atom stereocenters. The summed E-state index contributed by atoms with van der Waals surface area (Å²) in [7, 11) is -3.13. The highest BCUT2D eigenvalue weighted by atomic mass is 35.5. The van der Waals surface area contributed by atoms with E-state index in [1.54, 1.807) is 24.3 Å². The summed E-state index contributed by atoms with van der Waals surface area (Å²) in [4.78, 5) is 0.319. The molecular weight excluding hydrogens is 258 g/mol. The maximum absolute atomic E-state index is 11.3. The SMILES string of the molecule is CC(Cl)C(C)(C)Nc1ccc(S(C)(=O)=O)cc1. The fourth-order valence-electron chi connectivity index (χ4n) is 1.26. The van der Waals surface area contributed by atoms with Crippen LogP contribution in [-0.4, -0.2) is 25.6 Å². The zero-order chi connectivity index (χ0) is 13.3. The van der Waals surface area contributed by atoms with E-state index in [0.717, 1.165) is 5.69 Å². The Kier molecular flexibility index (Phi) is 4.10. The molecule has 1 aromatic carbocycles. The molecule has 0 fully saturated rings. The summed E-state index contributed by atoms with van der Waals surface area (Å²) in [6.07, 6.45) is 1.19. The number of benzene rings is 1. The van der Waals surface area contributed by atoms with E-state index in [0.29, 0.717) is 4.90 Å². The molecule has 1 aromatic rings. The zero-order valence-electron chi connectivity index (χ0n) is 10.5. The topological polar surface area (TPSA) is 46.2 Å². The molecule has 0 aliphatic carbocycles. The summed E-state index contributed by atoms with van der Waals surface area (Å²) in [5.41, 5.74) is 0.601. The lowest BCUT2D eigenvalue weighted by Gasteiger charge is -2.30. The molecule has 0 aromatic heterocycles. The van der Waals surface area contributed by atoms with Crippen molar-refractivity contribution in [1.82, 2.24) is 0 Å². The third kappa shape index (κ3) is 3.89. The summed E-state index contributed by atoms with van der Waals surface area (Å²) in [5, 5.41) is 3.23. The van der Waals surface area contributed by atoms with Crippen molar-refractivity contribution in [2.24, 2.45) is 0 Å². The molecular formula is C12H18ClNO2S. The molecule has 1 unspecified atom stereocenters. The quantitative estimate of drug-likeness (QED) is 0.860. The van der Waals surface area contributed by atoms with E-state index in [1.165, 1.54) is 6.26 Å². The highest BCUT2D eigenvalue weighted by Gasteiger charge is 2.23. The van der Waals surface area contributed by atoms with E-state index < -0.39 is 9.84 Å². The van der Waals surface area contributed by atoms with E-state index >= 15 is 0 Å². The van der Waals surface area contributed by atoms with Gasteiger partial charge >= 0.3 is 0 Å². The highest BCUT2D eigenvalue weighted by Crippen LogP contribution is 2.22. The Bertz CT molecular complexity index is 478. The number of hydrogen-bond donors (Lipinski definition) is 1. The number of nitrogens with one attached hydrogen (secondary N) is 1. The van der Waals surface area contributed by atoms with Gasteiger partial charge in [-0.1, -0.05) is 0 Å². The Morgan fingerprint density at radius 3 is 2.06 bits per heavy atom. The van der Waals surface area contributed by atoms with Gasteiger partial charge in [0.2, 0.25) is 0 Å². The first-order valence-corrected chi connectivity index (χ1v) is 7.68. The van der Waals surface area contributed by atoms with Crippen LogP contribution in [0.4, 0.5) is 5.69 Å². The Labute approximate surface area is 108 Å². The number of halogens is 1. The maximum Gasteiger partial charge on any atom is 0.175 e. The number of alkyl halides is 1. The molecule has 5 heteroatoms. The minimum absolute atomic E-state index is 0.0444. The maximum atomic E-state index is 11.3. The molecule has 0 spiro atoms. The second kappa shape index (κ2) is 4.86. The number of anilines is 1. The fraction of sp³-hybridized carbons (Fsp3) is 0.500. The van der Waals surface area contributed by atoms with Crippen LogP contribution in [0.5, 0.6) is 0 Å². The molecule has 0 saturated heterocycles. The van der Waals surface area contributed by atoms with Crippen LogP contribution in [0.2, 0.25) is 0 Å². The first kappa shape index (κ1) is 14.3. The average molecular weight is 276 g/mol. The van der Waals surface area contributed by atoms with Crippen molar-refractivity contribution in [3.63, 3.8) is 0 Å². The van der Waals surface area contributed by atoms with Gasteiger partial charge in [-0.05, 0) is 45.0 Å². The summed E-state index contributed by atoms with van der Waals surface area (Å²) < 4.78 is 22.6. The molecule has 96 valence electrons. The first-order valence-electron chi connectivity index (χ1n) is 5.35. The van der Waals surface area contributed by atoms with Crippen LogP contribution < -0.4 is 5.32 Å². The molecule has 0 amide bonds. The van der Waals surface area contributed by atoms with Crippen molar-refractivity contribution < 1.29 is 8.42 Å². The standard InChI is InChI=1S/C12H18ClNO2S/c1-9(13)12(2,3)14-10-5-7-11(8-6-10)17(4,15)16/h5-9,14H,1-4H3. The highest BCUT2D eigenvalue weighted by molar-refractivity contribution is 7.90. The molecule has 0 radical (unpaired) electrons. The van der Waals surface area contributed by atoms with Gasteiger partial charge in [0, 0.05) is 17.5 Å². The lowest BCUT2D eigenvalue weighted by atomic mass is 10.0. The normalized spacial score (nSPS) is 14.4. The summed E-state index contributed by atoms with van der Waals surface area (Å²) >= 11 is 6.06. The molecule has 1 N–H and O–H groups in total. The lowest BCUT2D eigenvalue weighted by Crippen LogP contribution is -2.38. The predicted molar refractivity (Wildman–Crippen MR) is 72.6 cm³/mol. The smallest absolute Gasteiger partial charge is 0.175 e. The molecule has 3 nitrogen and oxygen atoms in total. The van der Waals surface area contributed by atoms with Gasteiger partial charge in [0.15, 0.2) is 9.84 Å². The summed E-state index contributed by atoms with van der Waals surface area (Å²) in [5.74, 6) is 0. The van der Waals surface area contributed by atoms with Gasteiger partial charge in [0.05, 0.1) is 10.3 Å². The van der Waals surface area contributed by atoms with Crippen LogP contribution in [0.25, 0.3) is 0 Å². The van der Waals surface area contributed by atoms with Crippen LogP contribution in [0.15, 0.2) is 29.2 Å². The second-order valence-electron chi connectivity index (χ2n) is 4.76. The van der Waals surface area contributed by atoms with Gasteiger partial charge in [-0.2, -0.15) is 0 Å². The molecule has 0 heterocycles. The molecule has 17 heavy (non-hydrogen) atoms. The van der Waals surface area contributed by atoms with Gasteiger partial charge in [0.25, 0.3) is 0 Å². The van der Waals surface area contributed by atoms with E-state index in [4.69, 9.17) is 11.6 Å². The lowest BCUT2D eigenvalue weighted by molar-refractivity contribution is 0.555. The molecule has 0 aliphatic heterocycles. The van der Waals surface area contributed by atoms with Crippen molar-refractivity contribution in [2.75, 3.05) is 11.6 Å². The van der Waals surface area contributed by atoms with Gasteiger partial charge < -0.3 is 5.32 Å². The van der Waals surface area contributed by atoms with Crippen molar-refractivity contribution in [2.45, 2.75) is 36.6 Å². The van der Waals surface area contributed by atoms with E-state index in [9.17, 15) is 8.42 Å². The largest absolute Gasteiger partial charge is 0.379 e. The van der Waals surface area contributed by atoms with Crippen molar-refractivity contribution >= 4 is 27.1 Å². The molecule has 1 rings (SSSR count). The van der Waals surface area contributed by atoms with Crippen molar-refractivity contribution in [3.05, 3.63) is 24.3 Å². The molecule has 0 aliphatic rings. The Morgan fingerprint density at radius 2 is 1.71 bits per heavy atom. The Morgan fingerprint density at radius 1 is 1.24 bits per heavy atom. The Balaban J connectivity index is 2.90. The minimum atomic E-state index is -3.13. The van der Waals surface area contributed by atoms with E-state index in [-0.39, 0.29) is 10.9 Å². The van der Waals surface area contributed by atoms with Crippen LogP contribution >= 0.6 is 11.6 Å². The van der Waals surface area contributed by atoms with Gasteiger partial charge in [0.1, 0.15) is 0 Å². The number of sulfone groups is 1. The second-order valence-corrected chi connectivity index (χ2v) is 7.43. The Hall–Kier alpha value is -0.740. The summed E-state index contributed by atoms with van der Waals surface area (Å²) in [6, 6.07) is 6.67. The zero-order valence-corrected chi connectivity index (χ0v) is 12.1. The average Bonchev–Trinajstić information content (AvgIpc) is 2.16. The van der Waals surface area contributed by atoms with Crippen molar-refractivity contribution in [3.8, 4) is 0 Å². The third-order valence-electron chi connectivity index (χ3n) is 2.74. The van der Waals surface area contributed by atoms with Gasteiger partial charge in [-0.3, -0.25) is 0 Å². The third-order valence-corrected chi connectivity index (χ3v) is 4.42. The minimum Gasteiger partial charge on any atom is -0.379 e. The van der Waals surface area contributed by atoms with E-state index in [1.807, 2.05) is 20.8 Å². The fourth-order valence-corrected chi connectivity index (χ4v) is 1.94. The molecule has 0 bridgehead atoms. The van der Waals surface area contributed by atoms with Crippen LogP contribution in [0, 0.1) is 0 Å². The monoisotopic (exact) mass is 275 g/mol. The summed E-state index contributed by atoms with van der Waals surface area (Å²) in [6.45, 7) is 5.91. The van der Waals surface area contributed by atoms with E-state index in [2.05, 4.69) is 5.32 Å². The molecule has 0 saturated carbocycles. The van der Waals surface area contributed by atoms with Crippen LogP contribution in [0.1, 0.15) is 20.8 Å². The number of hydrogen-bond acceptors (Lipinski definition) is 3. The van der Waals surface area contributed by atoms with Gasteiger partial charge in [-0.25, -0.2) is 8.42 Å². The van der Waals surface area contributed by atoms with Gasteiger partial charge in [-0.15, -0.1) is 11.6 Å². The van der Waals surface area contributed by atoms with Crippen LogP contribution in [-0.2, 0) is 9.84 Å². The first-order chi connectivity index (χ1) is 7.63. The number of rotatable bonds is 4. The van der Waals surface area contributed by atoms with Crippen molar-refractivity contribution in [1.29, 1.82) is 0 Å². The van der Waals surface area contributed by atoms with Crippen LogP contribution in [0.3, 0.4) is 0 Å².